The molecule has 1 aliphatic heterocycles. The van der Waals surface area contributed by atoms with Gasteiger partial charge in [0.25, 0.3) is 0 Å². The number of hydrogen-bond donors (Lipinski definition) is 1. The zero-order chi connectivity index (χ0) is 9.10. The number of ether oxygens (including phenoxy) is 1. The van der Waals surface area contributed by atoms with Crippen molar-refractivity contribution in [3.05, 3.63) is 23.5 Å². The topological polar surface area (TPSA) is 47.0 Å². The Kier molecular flexibility index (Phi) is 2.52. The summed E-state index contributed by atoms with van der Waals surface area (Å²) in [6.45, 7) is 4.35. The first-order chi connectivity index (χ1) is 6.34. The highest BCUT2D eigenvalue weighted by Crippen LogP contribution is 2.01. The maximum atomic E-state index is 5.04. The molecular formula is C9H13N3O. The normalized spacial score (nSPS) is 17.0. The van der Waals surface area contributed by atoms with Gasteiger partial charge in [-0.15, -0.1) is 0 Å². The molecule has 0 atom stereocenters. The lowest BCUT2D eigenvalue weighted by molar-refractivity contribution is -0.00593. The van der Waals surface area contributed by atoms with Crippen LogP contribution in [0.4, 0.5) is 0 Å². The van der Waals surface area contributed by atoms with Crippen LogP contribution in [0.25, 0.3) is 0 Å². The highest BCUT2D eigenvalue weighted by atomic mass is 16.5. The van der Waals surface area contributed by atoms with Crippen LogP contribution >= 0.6 is 0 Å². The van der Waals surface area contributed by atoms with E-state index in [0.717, 1.165) is 31.1 Å². The second kappa shape index (κ2) is 3.81. The fourth-order valence-electron chi connectivity index (χ4n) is 1.12. The second-order valence-electron chi connectivity index (χ2n) is 3.28. The third-order valence-electron chi connectivity index (χ3n) is 2.06. The van der Waals surface area contributed by atoms with Gasteiger partial charge in [-0.25, -0.2) is 0 Å². The summed E-state index contributed by atoms with van der Waals surface area (Å²) in [7, 11) is 0. The minimum absolute atomic E-state index is 0.503. The van der Waals surface area contributed by atoms with Gasteiger partial charge < -0.3 is 10.1 Å². The van der Waals surface area contributed by atoms with Crippen LogP contribution in [-0.4, -0.2) is 29.5 Å². The molecular weight excluding hydrogens is 166 g/mol. The molecule has 0 radical (unpaired) electrons. The van der Waals surface area contributed by atoms with E-state index in [4.69, 9.17) is 4.74 Å². The molecule has 70 valence electrons. The van der Waals surface area contributed by atoms with Crippen molar-refractivity contribution in [2.45, 2.75) is 19.5 Å². The van der Waals surface area contributed by atoms with Gasteiger partial charge in [-0.2, -0.15) is 10.2 Å². The number of aryl methyl sites for hydroxylation is 1. The van der Waals surface area contributed by atoms with Crippen molar-refractivity contribution in [3.63, 3.8) is 0 Å². The van der Waals surface area contributed by atoms with Crippen molar-refractivity contribution >= 4 is 0 Å². The van der Waals surface area contributed by atoms with Crippen molar-refractivity contribution in [1.82, 2.24) is 15.5 Å². The smallest absolute Gasteiger partial charge is 0.0769 e. The van der Waals surface area contributed by atoms with E-state index in [2.05, 4.69) is 15.5 Å². The standard InChI is InChI=1S/C9H13N3O/c1-7-2-3-8(12-11-7)4-10-9-5-13-6-9/h2-3,9-10H,4-6H2,1H3. The molecule has 0 aromatic carbocycles. The van der Waals surface area contributed by atoms with Gasteiger partial charge in [0.05, 0.1) is 30.6 Å². The molecule has 4 nitrogen and oxygen atoms in total. The fraction of sp³-hybridized carbons (Fsp3) is 0.556. The summed E-state index contributed by atoms with van der Waals surface area (Å²) >= 11 is 0. The SMILES string of the molecule is Cc1ccc(CNC2COC2)nn1. The van der Waals surface area contributed by atoms with Crippen molar-refractivity contribution in [2.75, 3.05) is 13.2 Å². The Hall–Kier alpha value is -1.00. The lowest BCUT2D eigenvalue weighted by Gasteiger charge is -2.26. The molecule has 0 unspecified atom stereocenters. The molecule has 1 saturated heterocycles. The van der Waals surface area contributed by atoms with E-state index in [-0.39, 0.29) is 0 Å². The molecule has 1 aromatic heterocycles. The minimum atomic E-state index is 0.503. The fourth-order valence-corrected chi connectivity index (χ4v) is 1.12. The highest BCUT2D eigenvalue weighted by molar-refractivity contribution is 5.05. The maximum absolute atomic E-state index is 5.04. The van der Waals surface area contributed by atoms with Crippen LogP contribution in [0.5, 0.6) is 0 Å². The lowest BCUT2D eigenvalue weighted by Crippen LogP contribution is -2.45. The number of rotatable bonds is 3. The Labute approximate surface area is 77.3 Å². The first-order valence-electron chi connectivity index (χ1n) is 4.45. The predicted molar refractivity (Wildman–Crippen MR) is 48.2 cm³/mol. The quantitative estimate of drug-likeness (QED) is 0.723. The summed E-state index contributed by atoms with van der Waals surface area (Å²) in [5.74, 6) is 0. The average molecular weight is 179 g/mol. The summed E-state index contributed by atoms with van der Waals surface area (Å²) in [6, 6.07) is 4.47. The monoisotopic (exact) mass is 179 g/mol. The third-order valence-corrected chi connectivity index (χ3v) is 2.06. The molecule has 2 heterocycles. The van der Waals surface area contributed by atoms with Crippen molar-refractivity contribution in [1.29, 1.82) is 0 Å². The Morgan fingerprint density at radius 3 is 2.85 bits per heavy atom. The Morgan fingerprint density at radius 2 is 2.31 bits per heavy atom. The van der Waals surface area contributed by atoms with Crippen LogP contribution in [0.1, 0.15) is 11.4 Å². The molecule has 1 N–H and O–H groups in total. The first-order valence-corrected chi connectivity index (χ1v) is 4.45. The zero-order valence-electron chi connectivity index (χ0n) is 7.66. The van der Waals surface area contributed by atoms with E-state index < -0.39 is 0 Å². The van der Waals surface area contributed by atoms with Crippen LogP contribution in [0, 0.1) is 6.92 Å². The Morgan fingerprint density at radius 1 is 1.46 bits per heavy atom. The third kappa shape index (κ3) is 2.23. The van der Waals surface area contributed by atoms with Gasteiger partial charge >= 0.3 is 0 Å². The number of aromatic nitrogens is 2. The molecule has 1 aromatic rings. The Balaban J connectivity index is 1.83. The Bertz CT molecular complexity index is 269. The summed E-state index contributed by atoms with van der Waals surface area (Å²) < 4.78 is 5.04. The first kappa shape index (κ1) is 8.59. The van der Waals surface area contributed by atoms with Gasteiger partial charge in [-0.3, -0.25) is 0 Å². The van der Waals surface area contributed by atoms with E-state index >= 15 is 0 Å². The van der Waals surface area contributed by atoms with Gasteiger partial charge in [0.2, 0.25) is 0 Å². The molecule has 0 aliphatic carbocycles. The summed E-state index contributed by atoms with van der Waals surface area (Å²) in [6.07, 6.45) is 0. The number of hydrogen-bond acceptors (Lipinski definition) is 4. The summed E-state index contributed by atoms with van der Waals surface area (Å²) in [5.41, 5.74) is 1.94. The molecule has 1 aliphatic rings. The van der Waals surface area contributed by atoms with Gasteiger partial charge in [-0.05, 0) is 19.1 Å². The van der Waals surface area contributed by atoms with E-state index in [1.54, 1.807) is 0 Å². The molecule has 2 rings (SSSR count). The van der Waals surface area contributed by atoms with E-state index in [1.807, 2.05) is 19.1 Å². The van der Waals surface area contributed by atoms with E-state index in [0.29, 0.717) is 6.04 Å². The van der Waals surface area contributed by atoms with Crippen LogP contribution < -0.4 is 5.32 Å². The number of nitrogens with zero attached hydrogens (tertiary/aromatic N) is 2. The number of nitrogens with one attached hydrogen (secondary N) is 1. The van der Waals surface area contributed by atoms with E-state index in [1.165, 1.54) is 0 Å². The summed E-state index contributed by atoms with van der Waals surface area (Å²) in [4.78, 5) is 0. The molecule has 0 bridgehead atoms. The van der Waals surface area contributed by atoms with Gasteiger partial charge in [0, 0.05) is 6.54 Å². The van der Waals surface area contributed by atoms with Crippen molar-refractivity contribution in [2.24, 2.45) is 0 Å². The minimum Gasteiger partial charge on any atom is -0.378 e. The lowest BCUT2D eigenvalue weighted by atomic mass is 10.2. The zero-order valence-corrected chi connectivity index (χ0v) is 7.66. The van der Waals surface area contributed by atoms with E-state index in [9.17, 15) is 0 Å². The molecule has 13 heavy (non-hydrogen) atoms. The van der Waals surface area contributed by atoms with Crippen molar-refractivity contribution in [3.8, 4) is 0 Å². The van der Waals surface area contributed by atoms with Gasteiger partial charge in [0.1, 0.15) is 0 Å². The molecule has 0 amide bonds. The average Bonchev–Trinajstić information content (AvgIpc) is 2.05. The molecule has 0 spiro atoms. The van der Waals surface area contributed by atoms with Crippen LogP contribution in [-0.2, 0) is 11.3 Å². The van der Waals surface area contributed by atoms with Crippen LogP contribution in [0.3, 0.4) is 0 Å². The van der Waals surface area contributed by atoms with Gasteiger partial charge in [0.15, 0.2) is 0 Å². The largest absolute Gasteiger partial charge is 0.378 e. The molecule has 4 heteroatoms. The predicted octanol–water partition coefficient (Wildman–Crippen LogP) is 0.273. The molecule has 1 fully saturated rings. The van der Waals surface area contributed by atoms with Crippen LogP contribution in [0.15, 0.2) is 12.1 Å². The molecule has 0 saturated carbocycles. The highest BCUT2D eigenvalue weighted by Gasteiger charge is 2.16. The maximum Gasteiger partial charge on any atom is 0.0769 e. The summed E-state index contributed by atoms with van der Waals surface area (Å²) in [5, 5.41) is 11.4. The van der Waals surface area contributed by atoms with Gasteiger partial charge in [-0.1, -0.05) is 0 Å². The van der Waals surface area contributed by atoms with Crippen LogP contribution in [0.2, 0.25) is 0 Å². The second-order valence-corrected chi connectivity index (χ2v) is 3.28. The van der Waals surface area contributed by atoms with Crippen molar-refractivity contribution < 1.29 is 4.74 Å².